The molecule has 6 heteroatoms. The SMILES string of the molecule is CCCCCCCCCCCCCCCCCC(=O)O[C@H](COC(=O)CCCCCCC)COC(=O)CCCCCCCCCCCCCCCCCCCCC(C)CC. The van der Waals surface area contributed by atoms with Gasteiger partial charge < -0.3 is 14.2 Å². The highest BCUT2D eigenvalue weighted by atomic mass is 16.6. The maximum Gasteiger partial charge on any atom is 0.306 e. The molecule has 0 aliphatic rings. The first-order chi connectivity index (χ1) is 29.4. The molecule has 0 radical (unpaired) electrons. The molecule has 0 rings (SSSR count). The number of rotatable bonds is 49. The molecule has 0 bridgehead atoms. The molecule has 0 aromatic rings. The van der Waals surface area contributed by atoms with E-state index in [9.17, 15) is 14.4 Å². The molecule has 0 aliphatic carbocycles. The van der Waals surface area contributed by atoms with Gasteiger partial charge in [-0.25, -0.2) is 0 Å². The molecule has 0 spiro atoms. The van der Waals surface area contributed by atoms with Crippen molar-refractivity contribution in [3.05, 3.63) is 0 Å². The first-order valence-electron chi connectivity index (χ1n) is 26.9. The molecule has 0 fully saturated rings. The summed E-state index contributed by atoms with van der Waals surface area (Å²) < 4.78 is 16.7. The third-order valence-corrected chi connectivity index (χ3v) is 12.7. The van der Waals surface area contributed by atoms with Gasteiger partial charge in [-0.2, -0.15) is 0 Å². The highest BCUT2D eigenvalue weighted by Gasteiger charge is 2.19. The minimum absolute atomic E-state index is 0.0635. The third kappa shape index (κ3) is 45.9. The van der Waals surface area contributed by atoms with Crippen molar-refractivity contribution in [2.24, 2.45) is 5.92 Å². The van der Waals surface area contributed by atoms with Crippen LogP contribution >= 0.6 is 0 Å². The Kier molecular flexibility index (Phi) is 47.2. The molecule has 0 amide bonds. The van der Waals surface area contributed by atoms with Crippen LogP contribution in [0.25, 0.3) is 0 Å². The maximum atomic E-state index is 12.7. The largest absolute Gasteiger partial charge is 0.462 e. The Hall–Kier alpha value is -1.59. The van der Waals surface area contributed by atoms with Crippen molar-refractivity contribution in [1.29, 1.82) is 0 Å². The molecule has 0 aliphatic heterocycles. The lowest BCUT2D eigenvalue weighted by molar-refractivity contribution is -0.167. The van der Waals surface area contributed by atoms with Crippen LogP contribution in [0.4, 0.5) is 0 Å². The highest BCUT2D eigenvalue weighted by molar-refractivity contribution is 5.71. The monoisotopic (exact) mass is 849 g/mol. The van der Waals surface area contributed by atoms with E-state index in [4.69, 9.17) is 14.2 Å². The zero-order valence-corrected chi connectivity index (χ0v) is 40.9. The fourth-order valence-corrected chi connectivity index (χ4v) is 8.19. The van der Waals surface area contributed by atoms with E-state index in [0.717, 1.165) is 70.1 Å². The lowest BCUT2D eigenvalue weighted by atomic mass is 9.99. The topological polar surface area (TPSA) is 78.9 Å². The van der Waals surface area contributed by atoms with Gasteiger partial charge >= 0.3 is 17.9 Å². The predicted octanol–water partition coefficient (Wildman–Crippen LogP) is 17.5. The van der Waals surface area contributed by atoms with Crippen LogP contribution in [0.5, 0.6) is 0 Å². The quantitative estimate of drug-likeness (QED) is 0.0345. The molecule has 0 saturated carbocycles. The Bertz CT molecular complexity index is 905. The fourth-order valence-electron chi connectivity index (χ4n) is 8.19. The van der Waals surface area contributed by atoms with Crippen molar-refractivity contribution in [2.75, 3.05) is 13.2 Å². The van der Waals surface area contributed by atoms with Crippen LogP contribution in [0, 0.1) is 5.92 Å². The third-order valence-electron chi connectivity index (χ3n) is 12.7. The molecular weight excluding hydrogens is 745 g/mol. The van der Waals surface area contributed by atoms with Gasteiger partial charge in [-0.05, 0) is 25.2 Å². The second-order valence-electron chi connectivity index (χ2n) is 18.8. The average Bonchev–Trinajstić information content (AvgIpc) is 3.24. The van der Waals surface area contributed by atoms with Gasteiger partial charge in [0.2, 0.25) is 0 Å². The van der Waals surface area contributed by atoms with Crippen LogP contribution in [0.15, 0.2) is 0 Å². The van der Waals surface area contributed by atoms with Gasteiger partial charge in [0.15, 0.2) is 6.10 Å². The first-order valence-corrected chi connectivity index (χ1v) is 26.9. The molecule has 0 aromatic heterocycles. The number of unbranched alkanes of at least 4 members (excludes halogenated alkanes) is 35. The van der Waals surface area contributed by atoms with Gasteiger partial charge in [0.05, 0.1) is 0 Å². The standard InChI is InChI=1S/C54H104O6/c1-5-8-10-12-13-14-15-16-21-26-29-32-35-39-43-47-54(57)60-51(48-58-52(55)45-41-36-11-9-6-2)49-59-53(56)46-42-38-34-31-28-25-23-20-18-17-19-22-24-27-30-33-37-40-44-50(4)7-3/h50-51H,5-49H2,1-4H3/t50?,51-/m1/s1. The van der Waals surface area contributed by atoms with Crippen molar-refractivity contribution in [1.82, 2.24) is 0 Å². The number of carbonyl (C=O) groups excluding carboxylic acids is 3. The van der Waals surface area contributed by atoms with Gasteiger partial charge in [-0.3, -0.25) is 14.4 Å². The zero-order chi connectivity index (χ0) is 43.8. The van der Waals surface area contributed by atoms with Gasteiger partial charge in [0.1, 0.15) is 13.2 Å². The number of hydrogen-bond acceptors (Lipinski definition) is 6. The fraction of sp³-hybridized carbons (Fsp3) is 0.944. The Morgan fingerprint density at radius 2 is 0.583 bits per heavy atom. The minimum Gasteiger partial charge on any atom is -0.462 e. The van der Waals surface area contributed by atoms with Crippen LogP contribution < -0.4 is 0 Å². The lowest BCUT2D eigenvalue weighted by Gasteiger charge is -2.18. The lowest BCUT2D eigenvalue weighted by Crippen LogP contribution is -2.30. The van der Waals surface area contributed by atoms with E-state index < -0.39 is 6.10 Å². The molecule has 0 aromatic carbocycles. The Morgan fingerprint density at radius 1 is 0.333 bits per heavy atom. The molecule has 2 atom stereocenters. The number of ether oxygens (including phenoxy) is 3. The number of hydrogen-bond donors (Lipinski definition) is 0. The molecule has 0 heterocycles. The molecule has 60 heavy (non-hydrogen) atoms. The summed E-state index contributed by atoms with van der Waals surface area (Å²) in [6, 6.07) is 0. The predicted molar refractivity (Wildman–Crippen MR) is 257 cm³/mol. The summed E-state index contributed by atoms with van der Waals surface area (Å²) in [6.45, 7) is 9.01. The smallest absolute Gasteiger partial charge is 0.306 e. The van der Waals surface area contributed by atoms with E-state index in [0.29, 0.717) is 19.3 Å². The second-order valence-corrected chi connectivity index (χ2v) is 18.8. The maximum absolute atomic E-state index is 12.7. The Labute approximate surface area is 374 Å². The summed E-state index contributed by atoms with van der Waals surface area (Å²) in [4.78, 5) is 37.7. The van der Waals surface area contributed by atoms with Gasteiger partial charge in [-0.15, -0.1) is 0 Å². The molecule has 6 nitrogen and oxygen atoms in total. The highest BCUT2D eigenvalue weighted by Crippen LogP contribution is 2.18. The van der Waals surface area contributed by atoms with Crippen molar-refractivity contribution >= 4 is 17.9 Å². The Morgan fingerprint density at radius 3 is 0.867 bits per heavy atom. The summed E-state index contributed by atoms with van der Waals surface area (Å²) >= 11 is 0. The van der Waals surface area contributed by atoms with E-state index in [2.05, 4.69) is 27.7 Å². The van der Waals surface area contributed by atoms with Crippen molar-refractivity contribution in [2.45, 2.75) is 310 Å². The average molecular weight is 849 g/mol. The van der Waals surface area contributed by atoms with Crippen molar-refractivity contribution in [3.63, 3.8) is 0 Å². The van der Waals surface area contributed by atoms with Crippen LogP contribution in [-0.2, 0) is 28.6 Å². The molecule has 356 valence electrons. The van der Waals surface area contributed by atoms with Crippen LogP contribution in [-0.4, -0.2) is 37.2 Å². The molecule has 0 N–H and O–H groups in total. The van der Waals surface area contributed by atoms with Crippen molar-refractivity contribution in [3.8, 4) is 0 Å². The van der Waals surface area contributed by atoms with Crippen LogP contribution in [0.3, 0.4) is 0 Å². The second kappa shape index (κ2) is 48.4. The van der Waals surface area contributed by atoms with Crippen molar-refractivity contribution < 1.29 is 28.6 Å². The summed E-state index contributed by atoms with van der Waals surface area (Å²) in [7, 11) is 0. The molecular formula is C54H104O6. The van der Waals surface area contributed by atoms with Gasteiger partial charge in [0.25, 0.3) is 0 Å². The number of esters is 3. The van der Waals surface area contributed by atoms with E-state index in [1.807, 2.05) is 0 Å². The minimum atomic E-state index is -0.759. The summed E-state index contributed by atoms with van der Waals surface area (Å²) in [5.41, 5.74) is 0. The normalized spacial score (nSPS) is 12.4. The van der Waals surface area contributed by atoms with Crippen LogP contribution in [0.1, 0.15) is 304 Å². The van der Waals surface area contributed by atoms with Gasteiger partial charge in [-0.1, -0.05) is 265 Å². The Balaban J connectivity index is 4.04. The first kappa shape index (κ1) is 58.4. The number of carbonyl (C=O) groups is 3. The molecule has 0 saturated heterocycles. The summed E-state index contributed by atoms with van der Waals surface area (Å²) in [5.74, 6) is 0.0529. The van der Waals surface area contributed by atoms with E-state index >= 15 is 0 Å². The molecule has 1 unspecified atom stereocenters. The zero-order valence-electron chi connectivity index (χ0n) is 40.9. The van der Waals surface area contributed by atoms with E-state index in [1.54, 1.807) is 0 Å². The summed E-state index contributed by atoms with van der Waals surface area (Å²) in [6.07, 6.45) is 51.2. The van der Waals surface area contributed by atoms with Crippen LogP contribution in [0.2, 0.25) is 0 Å². The van der Waals surface area contributed by atoms with E-state index in [1.165, 1.54) is 193 Å². The summed E-state index contributed by atoms with van der Waals surface area (Å²) in [5, 5.41) is 0. The van der Waals surface area contributed by atoms with E-state index in [-0.39, 0.29) is 31.1 Å². The van der Waals surface area contributed by atoms with Gasteiger partial charge in [0, 0.05) is 19.3 Å².